The molecule has 0 radical (unpaired) electrons. The van der Waals surface area contributed by atoms with Gasteiger partial charge >= 0.3 is 0 Å². The molecule has 1 aromatic rings. The summed E-state index contributed by atoms with van der Waals surface area (Å²) < 4.78 is 10.7. The third-order valence-corrected chi connectivity index (χ3v) is 3.26. The summed E-state index contributed by atoms with van der Waals surface area (Å²) in [7, 11) is 0. The lowest BCUT2D eigenvalue weighted by Gasteiger charge is -2.22. The van der Waals surface area contributed by atoms with Crippen LogP contribution >= 0.6 is 0 Å². The molecule has 2 N–H and O–H groups in total. The van der Waals surface area contributed by atoms with Crippen LogP contribution in [0.4, 0.5) is 0 Å². The van der Waals surface area contributed by atoms with E-state index in [4.69, 9.17) is 9.47 Å². The number of imide groups is 1. The van der Waals surface area contributed by atoms with Crippen molar-refractivity contribution in [1.82, 2.24) is 10.6 Å². The molecule has 0 saturated carbocycles. The lowest BCUT2D eigenvalue weighted by molar-refractivity contribution is -0.134. The number of ether oxygens (including phenoxy) is 2. The van der Waals surface area contributed by atoms with E-state index in [-0.39, 0.29) is 24.6 Å². The van der Waals surface area contributed by atoms with E-state index in [9.17, 15) is 9.59 Å². The van der Waals surface area contributed by atoms with Gasteiger partial charge in [-0.2, -0.15) is 0 Å². The highest BCUT2D eigenvalue weighted by molar-refractivity contribution is 6.00. The van der Waals surface area contributed by atoms with Crippen LogP contribution in [0.15, 0.2) is 18.2 Å². The number of carbonyl (C=O) groups is 2. The Morgan fingerprint density at radius 1 is 1.32 bits per heavy atom. The number of hydrogen-bond donors (Lipinski definition) is 2. The number of amides is 2. The maximum absolute atomic E-state index is 11.6. The Morgan fingerprint density at radius 2 is 2.21 bits per heavy atom. The monoisotopic (exact) mass is 262 g/mol. The first kappa shape index (κ1) is 12.0. The number of carbonyl (C=O) groups excluding carboxylic acids is 2. The summed E-state index contributed by atoms with van der Waals surface area (Å²) in [5.74, 6) is 0.978. The minimum atomic E-state index is -0.337. The van der Waals surface area contributed by atoms with Crippen molar-refractivity contribution in [2.75, 3.05) is 6.79 Å². The number of nitrogens with one attached hydrogen (secondary N) is 2. The molecule has 2 heterocycles. The van der Waals surface area contributed by atoms with Gasteiger partial charge < -0.3 is 14.8 Å². The SMILES string of the molecule is O=C1CCC(NCc2cccc3c2OCO3)C(=O)N1. The van der Waals surface area contributed by atoms with Gasteiger partial charge in [-0.1, -0.05) is 12.1 Å². The van der Waals surface area contributed by atoms with Gasteiger partial charge in [-0.25, -0.2) is 0 Å². The molecule has 0 aromatic heterocycles. The predicted octanol–water partition coefficient (Wildman–Crippen LogP) is 0.310. The van der Waals surface area contributed by atoms with E-state index in [0.717, 1.165) is 17.1 Å². The highest BCUT2D eigenvalue weighted by atomic mass is 16.7. The number of hydrogen-bond acceptors (Lipinski definition) is 5. The third kappa shape index (κ3) is 2.39. The Hall–Kier alpha value is -2.08. The Labute approximate surface area is 110 Å². The summed E-state index contributed by atoms with van der Waals surface area (Å²) in [6, 6.07) is 5.31. The van der Waals surface area contributed by atoms with E-state index in [1.165, 1.54) is 0 Å². The van der Waals surface area contributed by atoms with Gasteiger partial charge in [0.2, 0.25) is 18.6 Å². The minimum absolute atomic E-state index is 0.208. The first-order chi connectivity index (χ1) is 9.24. The summed E-state index contributed by atoms with van der Waals surface area (Å²) in [5, 5.41) is 5.46. The molecule has 1 fully saturated rings. The molecule has 0 spiro atoms. The van der Waals surface area contributed by atoms with E-state index in [2.05, 4.69) is 10.6 Å². The van der Waals surface area contributed by atoms with Crippen LogP contribution in [0.2, 0.25) is 0 Å². The molecule has 3 rings (SSSR count). The molecule has 2 aliphatic rings. The second-order valence-corrected chi connectivity index (χ2v) is 4.54. The summed E-state index contributed by atoms with van der Waals surface area (Å²) >= 11 is 0. The van der Waals surface area contributed by atoms with E-state index in [1.54, 1.807) is 0 Å². The summed E-state index contributed by atoms with van der Waals surface area (Å²) in [5.41, 5.74) is 0.944. The molecule has 1 aromatic carbocycles. The highest BCUT2D eigenvalue weighted by Gasteiger charge is 2.26. The van der Waals surface area contributed by atoms with Gasteiger partial charge in [-0.15, -0.1) is 0 Å². The smallest absolute Gasteiger partial charge is 0.243 e. The fourth-order valence-corrected chi connectivity index (χ4v) is 2.25. The van der Waals surface area contributed by atoms with Crippen molar-refractivity contribution in [3.8, 4) is 11.5 Å². The summed E-state index contributed by atoms with van der Waals surface area (Å²) in [4.78, 5) is 22.7. The quantitative estimate of drug-likeness (QED) is 0.767. The van der Waals surface area contributed by atoms with E-state index in [0.29, 0.717) is 19.4 Å². The van der Waals surface area contributed by atoms with Crippen LogP contribution in [0.5, 0.6) is 11.5 Å². The molecular formula is C13H14N2O4. The molecule has 1 atom stereocenters. The van der Waals surface area contributed by atoms with Crippen LogP contribution in [0.1, 0.15) is 18.4 Å². The molecule has 2 aliphatic heterocycles. The molecular weight excluding hydrogens is 248 g/mol. The van der Waals surface area contributed by atoms with Gasteiger partial charge in [0, 0.05) is 18.5 Å². The second kappa shape index (κ2) is 4.89. The number of piperidine rings is 1. The van der Waals surface area contributed by atoms with Crippen LogP contribution in [0.25, 0.3) is 0 Å². The zero-order chi connectivity index (χ0) is 13.2. The topological polar surface area (TPSA) is 76.7 Å². The van der Waals surface area contributed by atoms with Gasteiger partial charge in [0.25, 0.3) is 0 Å². The van der Waals surface area contributed by atoms with Gasteiger partial charge in [0.15, 0.2) is 11.5 Å². The zero-order valence-electron chi connectivity index (χ0n) is 10.3. The van der Waals surface area contributed by atoms with Crippen LogP contribution in [0.3, 0.4) is 0 Å². The molecule has 0 aliphatic carbocycles. The fraction of sp³-hybridized carbons (Fsp3) is 0.385. The Bertz CT molecular complexity index is 529. The van der Waals surface area contributed by atoms with Crippen molar-refractivity contribution in [1.29, 1.82) is 0 Å². The molecule has 6 nitrogen and oxygen atoms in total. The largest absolute Gasteiger partial charge is 0.454 e. The summed E-state index contributed by atoms with van der Waals surface area (Å²) in [6.07, 6.45) is 0.896. The normalized spacial score (nSPS) is 21.4. The van der Waals surface area contributed by atoms with Crippen molar-refractivity contribution in [2.24, 2.45) is 0 Å². The van der Waals surface area contributed by atoms with Crippen molar-refractivity contribution in [3.63, 3.8) is 0 Å². The molecule has 1 unspecified atom stereocenters. The third-order valence-electron chi connectivity index (χ3n) is 3.26. The Kier molecular flexibility index (Phi) is 3.08. The number of benzene rings is 1. The first-order valence-electron chi connectivity index (χ1n) is 6.18. The molecule has 6 heteroatoms. The second-order valence-electron chi connectivity index (χ2n) is 4.54. The standard InChI is InChI=1S/C13H14N2O4/c16-11-5-4-9(13(17)15-11)14-6-8-2-1-3-10-12(8)19-7-18-10/h1-3,9,14H,4-7H2,(H,15,16,17). The van der Waals surface area contributed by atoms with E-state index >= 15 is 0 Å². The van der Waals surface area contributed by atoms with E-state index in [1.807, 2.05) is 18.2 Å². The molecule has 0 bridgehead atoms. The molecule has 100 valence electrons. The number of fused-ring (bicyclic) bond motifs is 1. The van der Waals surface area contributed by atoms with Gasteiger partial charge in [0.1, 0.15) is 0 Å². The minimum Gasteiger partial charge on any atom is -0.454 e. The van der Waals surface area contributed by atoms with Crippen LogP contribution in [0, 0.1) is 0 Å². The Balaban J connectivity index is 1.65. The van der Waals surface area contributed by atoms with Crippen LogP contribution in [-0.4, -0.2) is 24.6 Å². The maximum Gasteiger partial charge on any atom is 0.243 e. The van der Waals surface area contributed by atoms with Gasteiger partial charge in [-0.3, -0.25) is 14.9 Å². The van der Waals surface area contributed by atoms with Gasteiger partial charge in [0.05, 0.1) is 6.04 Å². The average Bonchev–Trinajstić information content (AvgIpc) is 2.86. The first-order valence-corrected chi connectivity index (χ1v) is 6.18. The molecule has 1 saturated heterocycles. The molecule has 2 amide bonds. The van der Waals surface area contributed by atoms with Crippen molar-refractivity contribution >= 4 is 11.8 Å². The predicted molar refractivity (Wildman–Crippen MR) is 65.6 cm³/mol. The lowest BCUT2D eigenvalue weighted by Crippen LogP contribution is -2.50. The van der Waals surface area contributed by atoms with Crippen LogP contribution < -0.4 is 20.1 Å². The van der Waals surface area contributed by atoms with Crippen molar-refractivity contribution < 1.29 is 19.1 Å². The Morgan fingerprint density at radius 3 is 3.05 bits per heavy atom. The van der Waals surface area contributed by atoms with E-state index < -0.39 is 0 Å². The van der Waals surface area contributed by atoms with Crippen molar-refractivity contribution in [3.05, 3.63) is 23.8 Å². The molecule has 19 heavy (non-hydrogen) atoms. The number of rotatable bonds is 3. The number of para-hydroxylation sites is 1. The summed E-state index contributed by atoms with van der Waals surface area (Å²) in [6.45, 7) is 0.726. The average molecular weight is 262 g/mol. The maximum atomic E-state index is 11.6. The van der Waals surface area contributed by atoms with Crippen molar-refractivity contribution in [2.45, 2.75) is 25.4 Å². The fourth-order valence-electron chi connectivity index (χ4n) is 2.25. The lowest BCUT2D eigenvalue weighted by atomic mass is 10.1. The zero-order valence-corrected chi connectivity index (χ0v) is 10.3. The van der Waals surface area contributed by atoms with Crippen LogP contribution in [-0.2, 0) is 16.1 Å². The highest BCUT2D eigenvalue weighted by Crippen LogP contribution is 2.35. The van der Waals surface area contributed by atoms with Gasteiger partial charge in [-0.05, 0) is 12.5 Å².